The number of hydrogen-bond donors (Lipinski definition) is 1. The first kappa shape index (κ1) is 20.5. The number of carbonyl (C=O) groups is 1. The van der Waals surface area contributed by atoms with Crippen molar-refractivity contribution in [3.05, 3.63) is 54.1 Å². The Morgan fingerprint density at radius 2 is 1.79 bits per heavy atom. The van der Waals surface area contributed by atoms with Crippen molar-refractivity contribution in [3.63, 3.8) is 0 Å². The molecule has 0 aliphatic heterocycles. The highest BCUT2D eigenvalue weighted by atomic mass is 32.2. The highest BCUT2D eigenvalue weighted by Crippen LogP contribution is 2.27. The second-order valence-corrected chi connectivity index (χ2v) is 8.73. The van der Waals surface area contributed by atoms with Gasteiger partial charge in [0.25, 0.3) is 11.8 Å². The standard InChI is InChI=1S/C20H21N3O5S/c1-13(2)14-8-10-15(11-9-14)27-12-18(24)21-20-23-22-19(28-20)16-6-4-5-7-17(16)29(3,25)26/h4-11,13H,12H2,1-3H3,(H,21,23,24). The Balaban J connectivity index is 1.64. The van der Waals surface area contributed by atoms with Gasteiger partial charge >= 0.3 is 6.01 Å². The molecule has 0 aliphatic carbocycles. The molecule has 8 nitrogen and oxygen atoms in total. The first-order valence-electron chi connectivity index (χ1n) is 8.89. The molecule has 0 unspecified atom stereocenters. The summed E-state index contributed by atoms with van der Waals surface area (Å²) in [5.74, 6) is 0.487. The number of ether oxygens (including phenoxy) is 1. The predicted molar refractivity (Wildman–Crippen MR) is 107 cm³/mol. The molecule has 1 N–H and O–H groups in total. The molecule has 0 fully saturated rings. The summed E-state index contributed by atoms with van der Waals surface area (Å²) in [7, 11) is -3.48. The van der Waals surface area contributed by atoms with Gasteiger partial charge in [-0.2, -0.15) is 0 Å². The van der Waals surface area contributed by atoms with Crippen LogP contribution in [0.5, 0.6) is 5.75 Å². The lowest BCUT2D eigenvalue weighted by atomic mass is 10.0. The fourth-order valence-electron chi connectivity index (χ4n) is 2.60. The molecule has 3 rings (SSSR count). The number of sulfone groups is 1. The second kappa shape index (κ2) is 8.44. The van der Waals surface area contributed by atoms with Crippen LogP contribution >= 0.6 is 0 Å². The van der Waals surface area contributed by atoms with Crippen LogP contribution in [-0.4, -0.2) is 37.4 Å². The fourth-order valence-corrected chi connectivity index (χ4v) is 3.48. The number of hydrogen-bond acceptors (Lipinski definition) is 7. The van der Waals surface area contributed by atoms with Crippen LogP contribution in [0, 0.1) is 0 Å². The summed E-state index contributed by atoms with van der Waals surface area (Å²) in [6.45, 7) is 3.95. The SMILES string of the molecule is CC(C)c1ccc(OCC(=O)Nc2nnc(-c3ccccc3S(C)(=O)=O)o2)cc1. The molecule has 0 spiro atoms. The third-order valence-electron chi connectivity index (χ3n) is 4.10. The van der Waals surface area contributed by atoms with Crippen LogP contribution in [0.4, 0.5) is 6.01 Å². The molecule has 0 aliphatic rings. The Kier molecular flexibility index (Phi) is 5.97. The van der Waals surface area contributed by atoms with E-state index in [0.717, 1.165) is 6.26 Å². The number of carbonyl (C=O) groups excluding carboxylic acids is 1. The van der Waals surface area contributed by atoms with Gasteiger partial charge in [-0.25, -0.2) is 8.42 Å². The molecule has 0 bridgehead atoms. The van der Waals surface area contributed by atoms with Crippen molar-refractivity contribution < 1.29 is 22.4 Å². The maximum atomic E-state index is 12.1. The molecule has 1 amide bonds. The van der Waals surface area contributed by atoms with Gasteiger partial charge in [-0.05, 0) is 35.7 Å². The van der Waals surface area contributed by atoms with E-state index >= 15 is 0 Å². The lowest BCUT2D eigenvalue weighted by molar-refractivity contribution is -0.118. The van der Waals surface area contributed by atoms with Crippen LogP contribution in [-0.2, 0) is 14.6 Å². The Morgan fingerprint density at radius 1 is 1.10 bits per heavy atom. The molecule has 9 heteroatoms. The third-order valence-corrected chi connectivity index (χ3v) is 5.26. The molecule has 29 heavy (non-hydrogen) atoms. The first-order valence-corrected chi connectivity index (χ1v) is 10.8. The van der Waals surface area contributed by atoms with E-state index in [4.69, 9.17) is 9.15 Å². The smallest absolute Gasteiger partial charge is 0.322 e. The van der Waals surface area contributed by atoms with Gasteiger partial charge in [0, 0.05) is 6.26 Å². The number of anilines is 1. The summed E-state index contributed by atoms with van der Waals surface area (Å²) in [5.41, 5.74) is 1.44. The van der Waals surface area contributed by atoms with E-state index in [1.807, 2.05) is 12.1 Å². The van der Waals surface area contributed by atoms with E-state index in [9.17, 15) is 13.2 Å². The zero-order valence-electron chi connectivity index (χ0n) is 16.2. The first-order chi connectivity index (χ1) is 13.7. The minimum absolute atomic E-state index is 0.00785. The maximum Gasteiger partial charge on any atom is 0.322 e. The van der Waals surface area contributed by atoms with Gasteiger partial charge in [0.1, 0.15) is 5.75 Å². The van der Waals surface area contributed by atoms with Gasteiger partial charge in [0.2, 0.25) is 0 Å². The maximum absolute atomic E-state index is 12.1. The topological polar surface area (TPSA) is 111 Å². The highest BCUT2D eigenvalue weighted by molar-refractivity contribution is 7.90. The Morgan fingerprint density at radius 3 is 2.45 bits per heavy atom. The van der Waals surface area contributed by atoms with Crippen molar-refractivity contribution in [3.8, 4) is 17.2 Å². The van der Waals surface area contributed by atoms with Gasteiger partial charge in [0.15, 0.2) is 16.4 Å². The second-order valence-electron chi connectivity index (χ2n) is 6.74. The van der Waals surface area contributed by atoms with Crippen LogP contribution in [0.15, 0.2) is 57.8 Å². The zero-order chi connectivity index (χ0) is 21.0. The molecule has 1 aromatic heterocycles. The van der Waals surface area contributed by atoms with Crippen molar-refractivity contribution in [1.29, 1.82) is 0 Å². The van der Waals surface area contributed by atoms with Gasteiger partial charge < -0.3 is 9.15 Å². The number of nitrogens with zero attached hydrogens (tertiary/aromatic N) is 2. The van der Waals surface area contributed by atoms with Gasteiger partial charge in [-0.15, -0.1) is 5.10 Å². The van der Waals surface area contributed by atoms with Crippen LogP contribution in [0.25, 0.3) is 11.5 Å². The van der Waals surface area contributed by atoms with Crippen molar-refractivity contribution >= 4 is 21.8 Å². The number of aromatic nitrogens is 2. The number of rotatable bonds is 7. The van der Waals surface area contributed by atoms with Crippen LogP contribution < -0.4 is 10.1 Å². The summed E-state index contributed by atoms with van der Waals surface area (Å²) >= 11 is 0. The van der Waals surface area contributed by atoms with E-state index < -0.39 is 15.7 Å². The minimum Gasteiger partial charge on any atom is -0.484 e. The number of nitrogens with one attached hydrogen (secondary N) is 1. The Labute approximate surface area is 168 Å². The van der Waals surface area contributed by atoms with E-state index in [1.54, 1.807) is 30.3 Å². The van der Waals surface area contributed by atoms with Gasteiger partial charge in [-0.1, -0.05) is 43.2 Å². The number of benzene rings is 2. The molecular formula is C20H21N3O5S. The third kappa shape index (κ3) is 5.20. The molecule has 0 saturated heterocycles. The van der Waals surface area contributed by atoms with E-state index in [2.05, 4.69) is 29.4 Å². The highest BCUT2D eigenvalue weighted by Gasteiger charge is 2.19. The van der Waals surface area contributed by atoms with Crippen molar-refractivity contribution in [2.45, 2.75) is 24.7 Å². The normalized spacial score (nSPS) is 11.4. The van der Waals surface area contributed by atoms with Crippen LogP contribution in [0.1, 0.15) is 25.3 Å². The van der Waals surface area contributed by atoms with Crippen molar-refractivity contribution in [1.82, 2.24) is 10.2 Å². The van der Waals surface area contributed by atoms with Crippen molar-refractivity contribution in [2.24, 2.45) is 0 Å². The largest absolute Gasteiger partial charge is 0.484 e. The number of amides is 1. The summed E-state index contributed by atoms with van der Waals surface area (Å²) < 4.78 is 34.7. The average Bonchev–Trinajstić information content (AvgIpc) is 3.14. The summed E-state index contributed by atoms with van der Waals surface area (Å²) in [4.78, 5) is 12.1. The zero-order valence-corrected chi connectivity index (χ0v) is 17.1. The lowest BCUT2D eigenvalue weighted by Gasteiger charge is -2.08. The Bertz CT molecular complexity index is 1110. The molecule has 2 aromatic carbocycles. The lowest BCUT2D eigenvalue weighted by Crippen LogP contribution is -2.20. The monoisotopic (exact) mass is 415 g/mol. The average molecular weight is 415 g/mol. The molecule has 0 atom stereocenters. The predicted octanol–water partition coefficient (Wildman–Crippen LogP) is 3.28. The molecule has 152 valence electrons. The molecule has 3 aromatic rings. The van der Waals surface area contributed by atoms with E-state index in [-0.39, 0.29) is 29.0 Å². The summed E-state index contributed by atoms with van der Waals surface area (Å²) in [5, 5.41) is 10.0. The van der Waals surface area contributed by atoms with Gasteiger partial charge in [-0.3, -0.25) is 10.1 Å². The molecule has 0 radical (unpaired) electrons. The quantitative estimate of drug-likeness (QED) is 0.630. The van der Waals surface area contributed by atoms with Crippen molar-refractivity contribution in [2.75, 3.05) is 18.2 Å². The molecule has 1 heterocycles. The Hall–Kier alpha value is -3.20. The minimum atomic E-state index is -3.48. The van der Waals surface area contributed by atoms with E-state index in [0.29, 0.717) is 11.7 Å². The van der Waals surface area contributed by atoms with Crippen LogP contribution in [0.2, 0.25) is 0 Å². The van der Waals surface area contributed by atoms with Crippen LogP contribution in [0.3, 0.4) is 0 Å². The molecular weight excluding hydrogens is 394 g/mol. The van der Waals surface area contributed by atoms with Gasteiger partial charge in [0.05, 0.1) is 10.5 Å². The summed E-state index contributed by atoms with van der Waals surface area (Å²) in [6, 6.07) is 13.6. The fraction of sp³-hybridized carbons (Fsp3) is 0.250. The molecule has 0 saturated carbocycles. The van der Waals surface area contributed by atoms with E-state index in [1.165, 1.54) is 11.6 Å². The summed E-state index contributed by atoms with van der Waals surface area (Å²) in [6.07, 6.45) is 1.09.